The molecule has 2 atom stereocenters. The van der Waals surface area contributed by atoms with E-state index in [1.807, 2.05) is 15.8 Å². The van der Waals surface area contributed by atoms with Gasteiger partial charge in [0.1, 0.15) is 0 Å². The molecule has 1 saturated heterocycles. The van der Waals surface area contributed by atoms with Crippen LogP contribution in [0.1, 0.15) is 36.3 Å². The van der Waals surface area contributed by atoms with Crippen molar-refractivity contribution < 1.29 is 4.79 Å². The molecule has 4 rings (SSSR count). The third-order valence-corrected chi connectivity index (χ3v) is 5.48. The molecule has 1 aliphatic heterocycles. The van der Waals surface area contributed by atoms with E-state index < -0.39 is 0 Å². The summed E-state index contributed by atoms with van der Waals surface area (Å²) >= 11 is 0. The minimum Gasteiger partial charge on any atom is -0.337 e. The zero-order valence-corrected chi connectivity index (χ0v) is 14.5. The van der Waals surface area contributed by atoms with Gasteiger partial charge in [-0.25, -0.2) is 4.79 Å². The smallest absolute Gasteiger partial charge is 0.317 e. The van der Waals surface area contributed by atoms with Crippen molar-refractivity contribution in [3.63, 3.8) is 0 Å². The maximum atomic E-state index is 12.6. The van der Waals surface area contributed by atoms with Crippen molar-refractivity contribution >= 4 is 6.03 Å². The predicted molar refractivity (Wildman–Crippen MR) is 95.2 cm³/mol. The maximum absolute atomic E-state index is 12.6. The lowest BCUT2D eigenvalue weighted by atomic mass is 9.98. The predicted octanol–water partition coefficient (Wildman–Crippen LogP) is 2.43. The number of aromatic nitrogens is 3. The SMILES string of the molecule is O=C(NC[C@@H]1CCc2ccccc21)N1CCC[C@@H](Cn2ccnn2)C1. The number of piperidine rings is 1. The van der Waals surface area contributed by atoms with E-state index >= 15 is 0 Å². The topological polar surface area (TPSA) is 63.1 Å². The molecule has 1 aliphatic carbocycles. The minimum atomic E-state index is 0.0765. The molecule has 2 aliphatic rings. The van der Waals surface area contributed by atoms with E-state index in [2.05, 4.69) is 39.9 Å². The quantitative estimate of drug-likeness (QED) is 0.930. The summed E-state index contributed by atoms with van der Waals surface area (Å²) in [5.74, 6) is 0.907. The van der Waals surface area contributed by atoms with E-state index in [1.54, 1.807) is 6.20 Å². The molecule has 25 heavy (non-hydrogen) atoms. The van der Waals surface area contributed by atoms with Crippen LogP contribution in [-0.2, 0) is 13.0 Å². The Bertz CT molecular complexity index is 714. The zero-order chi connectivity index (χ0) is 17.1. The number of hydrogen-bond acceptors (Lipinski definition) is 3. The maximum Gasteiger partial charge on any atom is 0.317 e. The van der Waals surface area contributed by atoms with Gasteiger partial charge in [0, 0.05) is 38.3 Å². The van der Waals surface area contributed by atoms with Gasteiger partial charge in [0.25, 0.3) is 0 Å². The Hall–Kier alpha value is -2.37. The van der Waals surface area contributed by atoms with Crippen molar-refractivity contribution in [2.24, 2.45) is 5.92 Å². The molecule has 1 aromatic heterocycles. The number of nitrogens with one attached hydrogen (secondary N) is 1. The van der Waals surface area contributed by atoms with E-state index in [0.717, 1.165) is 51.9 Å². The molecule has 2 heterocycles. The fourth-order valence-corrected chi connectivity index (χ4v) is 4.17. The van der Waals surface area contributed by atoms with Gasteiger partial charge in [0.05, 0.1) is 6.20 Å². The van der Waals surface area contributed by atoms with Crippen LogP contribution >= 0.6 is 0 Å². The number of nitrogens with zero attached hydrogens (tertiary/aromatic N) is 4. The summed E-state index contributed by atoms with van der Waals surface area (Å²) in [4.78, 5) is 14.6. The zero-order valence-electron chi connectivity index (χ0n) is 14.5. The van der Waals surface area contributed by atoms with Crippen molar-refractivity contribution in [3.8, 4) is 0 Å². The first-order valence-corrected chi connectivity index (χ1v) is 9.24. The third-order valence-electron chi connectivity index (χ3n) is 5.48. The standard InChI is InChI=1S/C19H25N5O/c25-19(20-12-17-8-7-16-5-1-2-6-18(16)17)23-10-3-4-15(13-23)14-24-11-9-21-22-24/h1-2,5-6,9,11,15,17H,3-4,7-8,10,12-14H2,(H,20,25)/t15-,17+/m1/s1. The first-order chi connectivity index (χ1) is 12.3. The first kappa shape index (κ1) is 16.1. The van der Waals surface area contributed by atoms with E-state index in [4.69, 9.17) is 0 Å². The second-order valence-corrected chi connectivity index (χ2v) is 7.20. The monoisotopic (exact) mass is 339 g/mol. The second kappa shape index (κ2) is 7.25. The molecular formula is C19H25N5O. The lowest BCUT2D eigenvalue weighted by Crippen LogP contribution is -2.47. The lowest BCUT2D eigenvalue weighted by Gasteiger charge is -2.33. The lowest BCUT2D eigenvalue weighted by molar-refractivity contribution is 0.157. The van der Waals surface area contributed by atoms with Crippen molar-refractivity contribution in [2.75, 3.05) is 19.6 Å². The molecule has 0 unspecified atom stereocenters. The molecule has 132 valence electrons. The van der Waals surface area contributed by atoms with Gasteiger partial charge in [-0.05, 0) is 42.7 Å². The summed E-state index contributed by atoms with van der Waals surface area (Å²) < 4.78 is 1.86. The Kier molecular flexibility index (Phi) is 4.68. The number of benzene rings is 1. The number of urea groups is 1. The fourth-order valence-electron chi connectivity index (χ4n) is 4.17. The van der Waals surface area contributed by atoms with Gasteiger partial charge in [-0.15, -0.1) is 5.10 Å². The highest BCUT2D eigenvalue weighted by atomic mass is 16.2. The normalized spacial score (nSPS) is 22.6. The molecule has 1 N–H and O–H groups in total. The molecule has 0 spiro atoms. The molecule has 1 fully saturated rings. The van der Waals surface area contributed by atoms with Gasteiger partial charge in [0.15, 0.2) is 0 Å². The molecule has 0 saturated carbocycles. The van der Waals surface area contributed by atoms with E-state index in [0.29, 0.717) is 11.8 Å². The summed E-state index contributed by atoms with van der Waals surface area (Å²) in [6, 6.07) is 8.68. The molecule has 1 aromatic carbocycles. The highest BCUT2D eigenvalue weighted by molar-refractivity contribution is 5.74. The van der Waals surface area contributed by atoms with Gasteiger partial charge in [-0.3, -0.25) is 4.68 Å². The summed E-state index contributed by atoms with van der Waals surface area (Å²) in [5.41, 5.74) is 2.85. The highest BCUT2D eigenvalue weighted by Crippen LogP contribution is 2.32. The minimum absolute atomic E-state index is 0.0765. The van der Waals surface area contributed by atoms with Gasteiger partial charge in [-0.2, -0.15) is 0 Å². The number of amides is 2. The average molecular weight is 339 g/mol. The van der Waals surface area contributed by atoms with Crippen LogP contribution in [-0.4, -0.2) is 45.6 Å². The van der Waals surface area contributed by atoms with Crippen molar-refractivity contribution in [3.05, 3.63) is 47.8 Å². The first-order valence-electron chi connectivity index (χ1n) is 9.24. The van der Waals surface area contributed by atoms with Crippen LogP contribution in [0.25, 0.3) is 0 Å². The van der Waals surface area contributed by atoms with Gasteiger partial charge < -0.3 is 10.2 Å². The Morgan fingerprint density at radius 3 is 3.08 bits per heavy atom. The van der Waals surface area contributed by atoms with E-state index in [9.17, 15) is 4.79 Å². The molecular weight excluding hydrogens is 314 g/mol. The number of fused-ring (bicyclic) bond motifs is 1. The average Bonchev–Trinajstić information content (AvgIpc) is 3.30. The molecule has 6 nitrogen and oxygen atoms in total. The van der Waals surface area contributed by atoms with Crippen LogP contribution in [0.3, 0.4) is 0 Å². The van der Waals surface area contributed by atoms with Crippen molar-refractivity contribution in [1.82, 2.24) is 25.2 Å². The molecule has 2 amide bonds. The summed E-state index contributed by atoms with van der Waals surface area (Å²) in [6.45, 7) is 3.22. The van der Waals surface area contributed by atoms with Crippen LogP contribution in [0, 0.1) is 5.92 Å². The van der Waals surface area contributed by atoms with Gasteiger partial charge in [-0.1, -0.05) is 29.5 Å². The van der Waals surface area contributed by atoms with Crippen molar-refractivity contribution in [1.29, 1.82) is 0 Å². The van der Waals surface area contributed by atoms with Crippen LogP contribution in [0.15, 0.2) is 36.7 Å². The molecule has 6 heteroatoms. The fraction of sp³-hybridized carbons (Fsp3) is 0.526. The Balaban J connectivity index is 1.29. The number of carbonyl (C=O) groups is 1. The largest absolute Gasteiger partial charge is 0.337 e. The van der Waals surface area contributed by atoms with E-state index in [1.165, 1.54) is 11.1 Å². The summed E-state index contributed by atoms with van der Waals surface area (Å²) in [5, 5.41) is 11.1. The van der Waals surface area contributed by atoms with Crippen LogP contribution in [0.2, 0.25) is 0 Å². The molecule has 0 radical (unpaired) electrons. The summed E-state index contributed by atoms with van der Waals surface area (Å²) in [6.07, 6.45) is 8.04. The van der Waals surface area contributed by atoms with Crippen LogP contribution < -0.4 is 5.32 Å². The van der Waals surface area contributed by atoms with E-state index in [-0.39, 0.29) is 6.03 Å². The Labute approximate surface area is 148 Å². The highest BCUT2D eigenvalue weighted by Gasteiger charge is 2.26. The second-order valence-electron chi connectivity index (χ2n) is 7.20. The summed E-state index contributed by atoms with van der Waals surface area (Å²) in [7, 11) is 0. The Morgan fingerprint density at radius 2 is 2.20 bits per heavy atom. The number of carbonyl (C=O) groups excluding carboxylic acids is 1. The van der Waals surface area contributed by atoms with Crippen LogP contribution in [0.5, 0.6) is 0 Å². The molecule has 0 bridgehead atoms. The van der Waals surface area contributed by atoms with Gasteiger partial charge >= 0.3 is 6.03 Å². The number of rotatable bonds is 4. The van der Waals surface area contributed by atoms with Crippen molar-refractivity contribution in [2.45, 2.75) is 38.1 Å². The number of likely N-dealkylation sites (tertiary alicyclic amines) is 1. The number of aryl methyl sites for hydroxylation is 1. The van der Waals surface area contributed by atoms with Crippen LogP contribution in [0.4, 0.5) is 4.79 Å². The Morgan fingerprint density at radius 1 is 1.28 bits per heavy atom. The number of hydrogen-bond donors (Lipinski definition) is 1. The third kappa shape index (κ3) is 3.67. The van der Waals surface area contributed by atoms with Gasteiger partial charge in [0.2, 0.25) is 0 Å². The molecule has 2 aromatic rings.